The van der Waals surface area contributed by atoms with Crippen LogP contribution in [-0.2, 0) is 17.6 Å². The van der Waals surface area contributed by atoms with E-state index in [1.807, 2.05) is 26.8 Å². The van der Waals surface area contributed by atoms with Crippen molar-refractivity contribution in [3.63, 3.8) is 0 Å². The van der Waals surface area contributed by atoms with Gasteiger partial charge < -0.3 is 14.7 Å². The lowest BCUT2D eigenvalue weighted by atomic mass is 9.91. The first-order valence-corrected chi connectivity index (χ1v) is 9.69. The van der Waals surface area contributed by atoms with Gasteiger partial charge >= 0.3 is 0 Å². The highest BCUT2D eigenvalue weighted by molar-refractivity contribution is 7.15. The molecule has 1 N–H and O–H groups in total. The van der Waals surface area contributed by atoms with Gasteiger partial charge in [-0.1, -0.05) is 0 Å². The number of aliphatic hydroxyl groups excluding tert-OH is 1. The zero-order valence-electron chi connectivity index (χ0n) is 15.0. The Bertz CT molecular complexity index is 762. The van der Waals surface area contributed by atoms with Crippen LogP contribution < -0.4 is 4.74 Å². The van der Waals surface area contributed by atoms with E-state index in [2.05, 4.69) is 18.2 Å². The Kier molecular flexibility index (Phi) is 5.45. The Morgan fingerprint density at radius 3 is 2.64 bits per heavy atom. The van der Waals surface area contributed by atoms with Crippen molar-refractivity contribution in [3.8, 4) is 16.2 Å². The van der Waals surface area contributed by atoms with Crippen molar-refractivity contribution < 1.29 is 14.6 Å². The monoisotopic (exact) mass is 359 g/mol. The standard InChI is InChI=1S/C20H25NO3S/c1-4-21(5-2)19(23)12-24-16-8-9-17-14(10-16)6-7-15-11-18(13(3)22)25-20(15)17/h8-11,13,22H,4-7,12H2,1-3H3. The van der Waals surface area contributed by atoms with Gasteiger partial charge in [0.2, 0.25) is 0 Å². The van der Waals surface area contributed by atoms with E-state index in [1.54, 1.807) is 16.2 Å². The minimum Gasteiger partial charge on any atom is -0.484 e. The number of carbonyl (C=O) groups is 1. The van der Waals surface area contributed by atoms with Gasteiger partial charge in [-0.05, 0) is 74.6 Å². The topological polar surface area (TPSA) is 49.8 Å². The lowest BCUT2D eigenvalue weighted by Gasteiger charge is -2.20. The van der Waals surface area contributed by atoms with Crippen molar-refractivity contribution in [1.29, 1.82) is 0 Å². The number of aliphatic hydroxyl groups is 1. The van der Waals surface area contributed by atoms with Crippen LogP contribution in [0.1, 0.15) is 42.9 Å². The molecule has 3 rings (SSSR count). The molecule has 1 aromatic carbocycles. The molecule has 1 aromatic heterocycles. The molecule has 1 unspecified atom stereocenters. The number of benzene rings is 1. The van der Waals surface area contributed by atoms with Gasteiger partial charge in [0.25, 0.3) is 5.91 Å². The number of thiophene rings is 1. The highest BCUT2D eigenvalue weighted by Gasteiger charge is 2.21. The summed E-state index contributed by atoms with van der Waals surface area (Å²) >= 11 is 1.67. The maximum absolute atomic E-state index is 12.1. The lowest BCUT2D eigenvalue weighted by molar-refractivity contribution is -0.132. The molecule has 0 saturated carbocycles. The number of rotatable bonds is 6. The molecule has 1 aliphatic carbocycles. The second kappa shape index (κ2) is 7.58. The maximum atomic E-state index is 12.1. The van der Waals surface area contributed by atoms with Crippen molar-refractivity contribution >= 4 is 17.2 Å². The Morgan fingerprint density at radius 1 is 1.24 bits per heavy atom. The number of hydrogen-bond acceptors (Lipinski definition) is 4. The summed E-state index contributed by atoms with van der Waals surface area (Å²) in [7, 11) is 0. The third-order valence-electron chi connectivity index (χ3n) is 4.70. The normalized spacial score (nSPS) is 13.8. The van der Waals surface area contributed by atoms with Crippen LogP contribution in [0.15, 0.2) is 24.3 Å². The van der Waals surface area contributed by atoms with Gasteiger partial charge in [-0.2, -0.15) is 0 Å². The van der Waals surface area contributed by atoms with Gasteiger partial charge in [-0.25, -0.2) is 0 Å². The van der Waals surface area contributed by atoms with E-state index in [-0.39, 0.29) is 12.5 Å². The van der Waals surface area contributed by atoms with E-state index >= 15 is 0 Å². The van der Waals surface area contributed by atoms with Crippen molar-refractivity contribution in [2.75, 3.05) is 19.7 Å². The van der Waals surface area contributed by atoms with E-state index in [0.29, 0.717) is 13.1 Å². The molecule has 25 heavy (non-hydrogen) atoms. The number of fused-ring (bicyclic) bond motifs is 3. The van der Waals surface area contributed by atoms with Gasteiger partial charge in [0.15, 0.2) is 6.61 Å². The number of amides is 1. The average molecular weight is 359 g/mol. The molecule has 0 bridgehead atoms. The second-order valence-electron chi connectivity index (χ2n) is 6.35. The van der Waals surface area contributed by atoms with Crippen molar-refractivity contribution in [3.05, 3.63) is 40.3 Å². The number of carbonyl (C=O) groups excluding carboxylic acids is 1. The number of likely N-dealkylation sites (N-methyl/N-ethyl adjacent to an activating group) is 1. The molecule has 1 aliphatic rings. The summed E-state index contributed by atoms with van der Waals surface area (Å²) in [4.78, 5) is 16.1. The van der Waals surface area contributed by atoms with Crippen molar-refractivity contribution in [2.45, 2.75) is 39.7 Å². The second-order valence-corrected chi connectivity index (χ2v) is 7.44. The molecule has 0 spiro atoms. The third kappa shape index (κ3) is 3.72. The van der Waals surface area contributed by atoms with Gasteiger partial charge in [0, 0.05) is 22.8 Å². The smallest absolute Gasteiger partial charge is 0.260 e. The summed E-state index contributed by atoms with van der Waals surface area (Å²) in [6.07, 6.45) is 1.51. The molecule has 2 aromatic rings. The fourth-order valence-corrected chi connectivity index (χ4v) is 4.45. The fourth-order valence-electron chi connectivity index (χ4n) is 3.24. The zero-order valence-corrected chi connectivity index (χ0v) is 15.9. The third-order valence-corrected chi connectivity index (χ3v) is 6.08. The molecule has 0 fully saturated rings. The molecule has 0 saturated heterocycles. The van der Waals surface area contributed by atoms with Gasteiger partial charge in [-0.3, -0.25) is 4.79 Å². The van der Waals surface area contributed by atoms with Gasteiger partial charge in [0.1, 0.15) is 5.75 Å². The number of aryl methyl sites for hydroxylation is 2. The number of hydrogen-bond donors (Lipinski definition) is 1. The molecule has 5 heteroatoms. The van der Waals surface area contributed by atoms with E-state index in [9.17, 15) is 9.90 Å². The predicted octanol–water partition coefficient (Wildman–Crippen LogP) is 3.81. The van der Waals surface area contributed by atoms with Crippen LogP contribution >= 0.6 is 11.3 Å². The summed E-state index contributed by atoms with van der Waals surface area (Å²) in [5.41, 5.74) is 3.79. The van der Waals surface area contributed by atoms with E-state index < -0.39 is 6.10 Å². The first-order valence-electron chi connectivity index (χ1n) is 8.88. The Hall–Kier alpha value is -1.85. The summed E-state index contributed by atoms with van der Waals surface area (Å²) in [5.74, 6) is 0.764. The van der Waals surface area contributed by atoms with Gasteiger partial charge in [0.05, 0.1) is 6.10 Å². The van der Waals surface area contributed by atoms with E-state index in [1.165, 1.54) is 21.6 Å². The Labute approximate surface area is 153 Å². The van der Waals surface area contributed by atoms with Crippen LogP contribution in [0.3, 0.4) is 0 Å². The number of ether oxygens (including phenoxy) is 1. The largest absolute Gasteiger partial charge is 0.484 e. The molecule has 1 heterocycles. The van der Waals surface area contributed by atoms with E-state index in [4.69, 9.17) is 4.74 Å². The maximum Gasteiger partial charge on any atom is 0.260 e. The predicted molar refractivity (Wildman–Crippen MR) is 101 cm³/mol. The van der Waals surface area contributed by atoms with E-state index in [0.717, 1.165) is 23.5 Å². The van der Waals surface area contributed by atoms with Crippen LogP contribution in [0.4, 0.5) is 0 Å². The summed E-state index contributed by atoms with van der Waals surface area (Å²) in [5, 5.41) is 9.83. The zero-order chi connectivity index (χ0) is 18.0. The molecule has 4 nitrogen and oxygen atoms in total. The molecule has 1 amide bonds. The van der Waals surface area contributed by atoms with Crippen molar-refractivity contribution in [1.82, 2.24) is 4.90 Å². The summed E-state index contributed by atoms with van der Waals surface area (Å²) < 4.78 is 5.72. The summed E-state index contributed by atoms with van der Waals surface area (Å²) in [6.45, 7) is 7.24. The molecule has 134 valence electrons. The molecule has 1 atom stereocenters. The Morgan fingerprint density at radius 2 is 1.96 bits per heavy atom. The SMILES string of the molecule is CCN(CC)C(=O)COc1ccc2c(c1)CCc1cc(C(C)O)sc1-2. The minimum atomic E-state index is -0.423. The first kappa shape index (κ1) is 18.0. The molecular formula is C20H25NO3S. The lowest BCUT2D eigenvalue weighted by Crippen LogP contribution is -2.34. The quantitative estimate of drug-likeness (QED) is 0.853. The first-order chi connectivity index (χ1) is 12.0. The van der Waals surface area contributed by atoms with Gasteiger partial charge in [-0.15, -0.1) is 11.3 Å². The summed E-state index contributed by atoms with van der Waals surface area (Å²) in [6, 6.07) is 8.19. The molecular weight excluding hydrogens is 334 g/mol. The highest BCUT2D eigenvalue weighted by Crippen LogP contribution is 2.42. The van der Waals surface area contributed by atoms with Crippen LogP contribution in [0.5, 0.6) is 5.75 Å². The number of nitrogens with zero attached hydrogens (tertiary/aromatic N) is 1. The highest BCUT2D eigenvalue weighted by atomic mass is 32.1. The fraction of sp³-hybridized carbons (Fsp3) is 0.450. The van der Waals surface area contributed by atoms with Crippen LogP contribution in [0.25, 0.3) is 10.4 Å². The molecule has 0 radical (unpaired) electrons. The van der Waals surface area contributed by atoms with Crippen LogP contribution in [0.2, 0.25) is 0 Å². The average Bonchev–Trinajstić information content (AvgIpc) is 3.05. The van der Waals surface area contributed by atoms with Crippen molar-refractivity contribution in [2.24, 2.45) is 0 Å². The molecule has 0 aliphatic heterocycles. The Balaban J connectivity index is 1.76. The minimum absolute atomic E-state index is 0.0184. The van der Waals surface area contributed by atoms with Crippen LogP contribution in [0, 0.1) is 0 Å². The van der Waals surface area contributed by atoms with Crippen LogP contribution in [-0.4, -0.2) is 35.6 Å².